The standard InChI is InChI=1S/C26H27N3O2/c1-29(2)18-22-12-10-20(11-13-22)14-15-25-24(9-6-16-27-25)26(31)28-23(19-30)17-21-7-4-3-5-8-21/h3-16,19,23H,17-18H2,1-2H3,(H,28,31)/b15-14+. The molecule has 158 valence electrons. The van der Waals surface area contributed by atoms with E-state index >= 15 is 0 Å². The van der Waals surface area contributed by atoms with Crippen LogP contribution in [0.3, 0.4) is 0 Å². The molecule has 31 heavy (non-hydrogen) atoms. The molecular formula is C26H27N3O2. The Labute approximate surface area is 183 Å². The van der Waals surface area contributed by atoms with E-state index in [1.807, 2.05) is 68.7 Å². The van der Waals surface area contributed by atoms with Gasteiger partial charge in [-0.2, -0.15) is 0 Å². The van der Waals surface area contributed by atoms with Gasteiger partial charge in [-0.05, 0) is 55.4 Å². The summed E-state index contributed by atoms with van der Waals surface area (Å²) in [7, 11) is 4.08. The second kappa shape index (κ2) is 11.0. The van der Waals surface area contributed by atoms with Crippen LogP contribution < -0.4 is 5.32 Å². The van der Waals surface area contributed by atoms with Crippen LogP contribution in [-0.4, -0.2) is 42.2 Å². The second-order valence-electron chi connectivity index (χ2n) is 7.65. The molecule has 1 aromatic heterocycles. The Kier molecular flexibility index (Phi) is 7.85. The highest BCUT2D eigenvalue weighted by molar-refractivity contribution is 5.99. The number of pyridine rings is 1. The molecule has 5 heteroatoms. The van der Waals surface area contributed by atoms with Crippen molar-refractivity contribution < 1.29 is 9.59 Å². The zero-order valence-corrected chi connectivity index (χ0v) is 17.9. The third kappa shape index (κ3) is 6.73. The number of hydrogen-bond donors (Lipinski definition) is 1. The van der Waals surface area contributed by atoms with Crippen molar-refractivity contribution in [2.75, 3.05) is 14.1 Å². The number of carbonyl (C=O) groups excluding carboxylic acids is 2. The summed E-state index contributed by atoms with van der Waals surface area (Å²) in [6.45, 7) is 0.884. The Morgan fingerprint density at radius 1 is 0.968 bits per heavy atom. The fraction of sp³-hybridized carbons (Fsp3) is 0.192. The molecule has 0 aliphatic carbocycles. The predicted molar refractivity (Wildman–Crippen MR) is 124 cm³/mol. The van der Waals surface area contributed by atoms with Gasteiger partial charge in [0.2, 0.25) is 0 Å². The molecule has 0 aliphatic heterocycles. The zero-order valence-electron chi connectivity index (χ0n) is 17.9. The van der Waals surface area contributed by atoms with Gasteiger partial charge in [0.05, 0.1) is 17.3 Å². The molecule has 1 N–H and O–H groups in total. The third-order valence-corrected chi connectivity index (χ3v) is 4.77. The van der Waals surface area contributed by atoms with Gasteiger partial charge in [-0.1, -0.05) is 60.7 Å². The highest BCUT2D eigenvalue weighted by atomic mass is 16.2. The molecule has 0 aliphatic rings. The molecule has 0 saturated carbocycles. The maximum absolute atomic E-state index is 12.8. The zero-order chi connectivity index (χ0) is 22.1. The average molecular weight is 414 g/mol. The number of carbonyl (C=O) groups is 2. The van der Waals surface area contributed by atoms with E-state index in [0.717, 1.165) is 24.0 Å². The highest BCUT2D eigenvalue weighted by Crippen LogP contribution is 2.13. The van der Waals surface area contributed by atoms with E-state index < -0.39 is 6.04 Å². The van der Waals surface area contributed by atoms with Crippen LogP contribution >= 0.6 is 0 Å². The van der Waals surface area contributed by atoms with E-state index in [1.165, 1.54) is 5.56 Å². The smallest absolute Gasteiger partial charge is 0.254 e. The number of nitrogens with one attached hydrogen (secondary N) is 1. The monoisotopic (exact) mass is 413 g/mol. The van der Waals surface area contributed by atoms with Crippen molar-refractivity contribution >= 4 is 24.3 Å². The van der Waals surface area contributed by atoms with Crippen molar-refractivity contribution in [3.8, 4) is 0 Å². The van der Waals surface area contributed by atoms with E-state index in [1.54, 1.807) is 18.3 Å². The van der Waals surface area contributed by atoms with Gasteiger partial charge in [0.1, 0.15) is 6.29 Å². The summed E-state index contributed by atoms with van der Waals surface area (Å²) in [5.74, 6) is -0.317. The van der Waals surface area contributed by atoms with E-state index in [0.29, 0.717) is 17.7 Å². The highest BCUT2D eigenvalue weighted by Gasteiger charge is 2.16. The van der Waals surface area contributed by atoms with Gasteiger partial charge in [0.15, 0.2) is 0 Å². The topological polar surface area (TPSA) is 62.3 Å². The summed E-state index contributed by atoms with van der Waals surface area (Å²) in [4.78, 5) is 30.8. The van der Waals surface area contributed by atoms with E-state index in [2.05, 4.69) is 27.3 Å². The Balaban J connectivity index is 1.71. The van der Waals surface area contributed by atoms with Gasteiger partial charge in [-0.15, -0.1) is 0 Å². The first kappa shape index (κ1) is 22.1. The Bertz CT molecular complexity index is 1030. The lowest BCUT2D eigenvalue weighted by molar-refractivity contribution is -0.109. The van der Waals surface area contributed by atoms with Crippen LogP contribution in [0.2, 0.25) is 0 Å². The lowest BCUT2D eigenvalue weighted by Gasteiger charge is -2.14. The Morgan fingerprint density at radius 2 is 1.71 bits per heavy atom. The summed E-state index contributed by atoms with van der Waals surface area (Å²) in [6, 6.07) is 20.7. The fourth-order valence-electron chi connectivity index (χ4n) is 3.26. The first-order valence-corrected chi connectivity index (χ1v) is 10.2. The minimum Gasteiger partial charge on any atom is -0.342 e. The fourth-order valence-corrected chi connectivity index (χ4v) is 3.26. The molecule has 0 bridgehead atoms. The molecule has 0 fully saturated rings. The largest absolute Gasteiger partial charge is 0.342 e. The molecule has 3 aromatic rings. The van der Waals surface area contributed by atoms with Crippen LogP contribution in [0.15, 0.2) is 72.9 Å². The Hall–Kier alpha value is -3.57. The molecule has 0 radical (unpaired) electrons. The molecule has 2 aromatic carbocycles. The summed E-state index contributed by atoms with van der Waals surface area (Å²) in [5.41, 5.74) is 4.24. The first-order chi connectivity index (χ1) is 15.0. The van der Waals surface area contributed by atoms with Crippen LogP contribution in [0.4, 0.5) is 0 Å². The molecule has 1 heterocycles. The van der Waals surface area contributed by atoms with Crippen LogP contribution in [0.1, 0.15) is 32.7 Å². The van der Waals surface area contributed by atoms with Crippen molar-refractivity contribution in [2.24, 2.45) is 0 Å². The number of nitrogens with zero attached hydrogens (tertiary/aromatic N) is 2. The maximum atomic E-state index is 12.8. The van der Waals surface area contributed by atoms with Gasteiger partial charge in [-0.3, -0.25) is 9.78 Å². The average Bonchev–Trinajstić information content (AvgIpc) is 2.78. The number of amides is 1. The van der Waals surface area contributed by atoms with Crippen molar-refractivity contribution in [1.82, 2.24) is 15.2 Å². The van der Waals surface area contributed by atoms with Crippen LogP contribution in [-0.2, 0) is 17.8 Å². The quantitative estimate of drug-likeness (QED) is 0.541. The summed E-state index contributed by atoms with van der Waals surface area (Å²) in [6.07, 6.45) is 6.62. The van der Waals surface area contributed by atoms with Crippen LogP contribution in [0.25, 0.3) is 12.2 Å². The molecule has 0 spiro atoms. The SMILES string of the molecule is CN(C)Cc1ccc(/C=C/c2ncccc2C(=O)NC(C=O)Cc2ccccc2)cc1. The molecule has 0 saturated heterocycles. The van der Waals surface area contributed by atoms with Gasteiger partial charge in [0, 0.05) is 12.7 Å². The second-order valence-corrected chi connectivity index (χ2v) is 7.65. The predicted octanol–water partition coefficient (Wildman–Crippen LogP) is 3.85. The van der Waals surface area contributed by atoms with E-state index in [9.17, 15) is 9.59 Å². The molecule has 1 atom stereocenters. The normalized spacial score (nSPS) is 12.1. The molecule has 3 rings (SSSR count). The Morgan fingerprint density at radius 3 is 2.39 bits per heavy atom. The summed E-state index contributed by atoms with van der Waals surface area (Å²) in [5, 5.41) is 2.81. The lowest BCUT2D eigenvalue weighted by atomic mass is 10.1. The number of hydrogen-bond acceptors (Lipinski definition) is 4. The van der Waals surface area contributed by atoms with Crippen molar-refractivity contribution in [3.63, 3.8) is 0 Å². The van der Waals surface area contributed by atoms with E-state index in [-0.39, 0.29) is 5.91 Å². The molecular weight excluding hydrogens is 386 g/mol. The van der Waals surface area contributed by atoms with Gasteiger partial charge in [-0.25, -0.2) is 0 Å². The van der Waals surface area contributed by atoms with Gasteiger partial charge < -0.3 is 15.0 Å². The summed E-state index contributed by atoms with van der Waals surface area (Å²) >= 11 is 0. The minimum atomic E-state index is -0.601. The minimum absolute atomic E-state index is 0.317. The number of benzene rings is 2. The van der Waals surface area contributed by atoms with Crippen molar-refractivity contribution in [2.45, 2.75) is 19.0 Å². The van der Waals surface area contributed by atoms with Crippen LogP contribution in [0, 0.1) is 0 Å². The van der Waals surface area contributed by atoms with Crippen molar-refractivity contribution in [3.05, 3.63) is 101 Å². The molecule has 1 amide bonds. The number of rotatable bonds is 9. The maximum Gasteiger partial charge on any atom is 0.254 e. The summed E-state index contributed by atoms with van der Waals surface area (Å²) < 4.78 is 0. The van der Waals surface area contributed by atoms with E-state index in [4.69, 9.17) is 0 Å². The first-order valence-electron chi connectivity index (χ1n) is 10.2. The third-order valence-electron chi connectivity index (χ3n) is 4.77. The molecule has 5 nitrogen and oxygen atoms in total. The lowest BCUT2D eigenvalue weighted by Crippen LogP contribution is -2.38. The van der Waals surface area contributed by atoms with Gasteiger partial charge >= 0.3 is 0 Å². The van der Waals surface area contributed by atoms with Crippen molar-refractivity contribution in [1.29, 1.82) is 0 Å². The number of aldehydes is 1. The molecule has 1 unspecified atom stereocenters. The number of aromatic nitrogens is 1. The van der Waals surface area contributed by atoms with Crippen LogP contribution in [0.5, 0.6) is 0 Å². The van der Waals surface area contributed by atoms with Gasteiger partial charge in [0.25, 0.3) is 5.91 Å².